The van der Waals surface area contributed by atoms with Crippen LogP contribution in [0.2, 0.25) is 0 Å². The van der Waals surface area contributed by atoms with E-state index >= 15 is 0 Å². The largest absolute Gasteiger partial charge is 0.488 e. The van der Waals surface area contributed by atoms with Crippen molar-refractivity contribution in [3.05, 3.63) is 58.1 Å². The number of hydrogen-bond acceptors (Lipinski definition) is 3. The molecule has 0 fully saturated rings. The average Bonchev–Trinajstić information content (AvgIpc) is 2.36. The summed E-state index contributed by atoms with van der Waals surface area (Å²) in [5.74, 6) is 0.166. The smallest absolute Gasteiger partial charge is 0.141 e. The molecular formula is C14H13BrFNO2. The van der Waals surface area contributed by atoms with E-state index in [1.54, 1.807) is 25.3 Å². The SMILES string of the molecule is C[C@@H](O)c1ccc(Br)cc1OCc1cncc(F)c1. The fraction of sp³-hybridized carbons (Fsp3) is 0.214. The fourth-order valence-electron chi connectivity index (χ4n) is 1.67. The molecule has 0 saturated heterocycles. The molecule has 1 aromatic carbocycles. The molecule has 0 bridgehead atoms. The Morgan fingerprint density at radius 3 is 2.84 bits per heavy atom. The van der Waals surface area contributed by atoms with Crippen molar-refractivity contribution in [1.29, 1.82) is 0 Å². The first-order chi connectivity index (χ1) is 9.06. The summed E-state index contributed by atoms with van der Waals surface area (Å²) in [6.45, 7) is 1.86. The predicted octanol–water partition coefficient (Wildman–Crippen LogP) is 3.62. The van der Waals surface area contributed by atoms with Crippen molar-refractivity contribution in [2.75, 3.05) is 0 Å². The number of hydrogen-bond donors (Lipinski definition) is 1. The molecule has 0 saturated carbocycles. The van der Waals surface area contributed by atoms with Crippen molar-refractivity contribution < 1.29 is 14.2 Å². The van der Waals surface area contributed by atoms with Crippen LogP contribution in [0.3, 0.4) is 0 Å². The molecule has 0 radical (unpaired) electrons. The highest BCUT2D eigenvalue weighted by Crippen LogP contribution is 2.29. The van der Waals surface area contributed by atoms with Gasteiger partial charge >= 0.3 is 0 Å². The molecule has 1 aromatic heterocycles. The number of rotatable bonds is 4. The van der Waals surface area contributed by atoms with Gasteiger partial charge in [-0.25, -0.2) is 4.39 Å². The van der Waals surface area contributed by atoms with Crippen molar-refractivity contribution in [1.82, 2.24) is 4.98 Å². The molecule has 1 N–H and O–H groups in total. The second kappa shape index (κ2) is 6.12. The van der Waals surface area contributed by atoms with Gasteiger partial charge in [0, 0.05) is 21.8 Å². The zero-order chi connectivity index (χ0) is 13.8. The number of ether oxygens (including phenoxy) is 1. The Labute approximate surface area is 119 Å². The van der Waals surface area contributed by atoms with E-state index < -0.39 is 11.9 Å². The van der Waals surface area contributed by atoms with Gasteiger partial charge in [-0.1, -0.05) is 22.0 Å². The molecule has 0 amide bonds. The lowest BCUT2D eigenvalue weighted by Crippen LogP contribution is -2.01. The minimum absolute atomic E-state index is 0.195. The summed E-state index contributed by atoms with van der Waals surface area (Å²) in [6, 6.07) is 6.76. The van der Waals surface area contributed by atoms with E-state index in [0.29, 0.717) is 16.9 Å². The van der Waals surface area contributed by atoms with Crippen LogP contribution in [0.15, 0.2) is 41.1 Å². The molecule has 3 nitrogen and oxygen atoms in total. The Kier molecular flexibility index (Phi) is 4.50. The standard InChI is InChI=1S/C14H13BrFNO2/c1-9(18)13-3-2-11(15)5-14(13)19-8-10-4-12(16)7-17-6-10/h2-7,9,18H,8H2,1H3/t9-/m1/s1. The van der Waals surface area contributed by atoms with E-state index in [1.807, 2.05) is 6.07 Å². The molecule has 0 aliphatic rings. The summed E-state index contributed by atoms with van der Waals surface area (Å²) in [4.78, 5) is 3.76. The van der Waals surface area contributed by atoms with Gasteiger partial charge in [0.2, 0.25) is 0 Å². The van der Waals surface area contributed by atoms with Gasteiger partial charge in [0.25, 0.3) is 0 Å². The minimum atomic E-state index is -0.631. The lowest BCUT2D eigenvalue weighted by Gasteiger charge is -2.13. The molecule has 0 aliphatic heterocycles. The maximum absolute atomic E-state index is 13.0. The van der Waals surface area contributed by atoms with Crippen molar-refractivity contribution in [2.24, 2.45) is 0 Å². The van der Waals surface area contributed by atoms with Gasteiger partial charge < -0.3 is 9.84 Å². The van der Waals surface area contributed by atoms with E-state index in [0.717, 1.165) is 10.7 Å². The van der Waals surface area contributed by atoms with Crippen LogP contribution in [0.25, 0.3) is 0 Å². The topological polar surface area (TPSA) is 42.4 Å². The average molecular weight is 326 g/mol. The Morgan fingerprint density at radius 1 is 1.37 bits per heavy atom. The number of aromatic nitrogens is 1. The zero-order valence-electron chi connectivity index (χ0n) is 10.3. The maximum atomic E-state index is 13.0. The zero-order valence-corrected chi connectivity index (χ0v) is 11.9. The molecule has 100 valence electrons. The number of benzene rings is 1. The van der Waals surface area contributed by atoms with Crippen molar-refractivity contribution >= 4 is 15.9 Å². The fourth-order valence-corrected chi connectivity index (χ4v) is 2.01. The number of halogens is 2. The molecule has 0 spiro atoms. The maximum Gasteiger partial charge on any atom is 0.141 e. The van der Waals surface area contributed by atoms with Crippen LogP contribution in [-0.2, 0) is 6.61 Å². The van der Waals surface area contributed by atoms with Gasteiger partial charge in [-0.05, 0) is 25.1 Å². The summed E-state index contributed by atoms with van der Waals surface area (Å²) in [5.41, 5.74) is 1.32. The third kappa shape index (κ3) is 3.75. The lowest BCUT2D eigenvalue weighted by atomic mass is 10.1. The number of aliphatic hydroxyl groups is 1. The molecule has 1 heterocycles. The van der Waals surface area contributed by atoms with Gasteiger partial charge in [0.1, 0.15) is 18.2 Å². The quantitative estimate of drug-likeness (QED) is 0.933. The summed E-state index contributed by atoms with van der Waals surface area (Å²) in [6.07, 6.45) is 2.06. The van der Waals surface area contributed by atoms with Gasteiger partial charge in [0.05, 0.1) is 12.3 Å². The minimum Gasteiger partial charge on any atom is -0.488 e. The summed E-state index contributed by atoms with van der Waals surface area (Å²) in [7, 11) is 0. The highest BCUT2D eigenvalue weighted by molar-refractivity contribution is 9.10. The first-order valence-electron chi connectivity index (χ1n) is 5.76. The molecule has 0 aliphatic carbocycles. The summed E-state index contributed by atoms with van der Waals surface area (Å²) >= 11 is 3.35. The van der Waals surface area contributed by atoms with E-state index in [4.69, 9.17) is 4.74 Å². The van der Waals surface area contributed by atoms with Crippen LogP contribution in [0.1, 0.15) is 24.2 Å². The second-order valence-electron chi connectivity index (χ2n) is 4.16. The Balaban J connectivity index is 2.17. The van der Waals surface area contributed by atoms with Gasteiger partial charge in [-0.15, -0.1) is 0 Å². The molecular weight excluding hydrogens is 313 g/mol. The van der Waals surface area contributed by atoms with Crippen LogP contribution in [-0.4, -0.2) is 10.1 Å². The Hall–Kier alpha value is -1.46. The summed E-state index contributed by atoms with van der Waals surface area (Å²) < 4.78 is 19.5. The molecule has 0 unspecified atom stereocenters. The van der Waals surface area contributed by atoms with Crippen molar-refractivity contribution in [3.8, 4) is 5.75 Å². The van der Waals surface area contributed by atoms with Gasteiger partial charge in [0.15, 0.2) is 0 Å². The normalized spacial score (nSPS) is 12.2. The van der Waals surface area contributed by atoms with E-state index in [1.165, 1.54) is 6.07 Å². The van der Waals surface area contributed by atoms with Crippen LogP contribution in [0.4, 0.5) is 4.39 Å². The van der Waals surface area contributed by atoms with Crippen LogP contribution >= 0.6 is 15.9 Å². The third-order valence-electron chi connectivity index (χ3n) is 2.58. The first kappa shape index (κ1) is 14.0. The van der Waals surface area contributed by atoms with E-state index in [-0.39, 0.29) is 6.61 Å². The highest BCUT2D eigenvalue weighted by atomic mass is 79.9. The van der Waals surface area contributed by atoms with Crippen LogP contribution in [0.5, 0.6) is 5.75 Å². The monoisotopic (exact) mass is 325 g/mol. The lowest BCUT2D eigenvalue weighted by molar-refractivity contribution is 0.190. The number of aliphatic hydroxyl groups excluding tert-OH is 1. The molecule has 2 rings (SSSR count). The van der Waals surface area contributed by atoms with Crippen molar-refractivity contribution in [3.63, 3.8) is 0 Å². The third-order valence-corrected chi connectivity index (χ3v) is 3.07. The van der Waals surface area contributed by atoms with Crippen molar-refractivity contribution in [2.45, 2.75) is 19.6 Å². The van der Waals surface area contributed by atoms with Gasteiger partial charge in [-0.3, -0.25) is 4.98 Å². The van der Waals surface area contributed by atoms with Crippen LogP contribution < -0.4 is 4.74 Å². The number of pyridine rings is 1. The Morgan fingerprint density at radius 2 is 2.16 bits per heavy atom. The Bertz CT molecular complexity index is 575. The molecule has 1 atom stereocenters. The second-order valence-corrected chi connectivity index (χ2v) is 5.07. The van der Waals surface area contributed by atoms with E-state index in [2.05, 4.69) is 20.9 Å². The molecule has 2 aromatic rings. The first-order valence-corrected chi connectivity index (χ1v) is 6.55. The van der Waals surface area contributed by atoms with Crippen LogP contribution in [0, 0.1) is 5.82 Å². The van der Waals surface area contributed by atoms with Gasteiger partial charge in [-0.2, -0.15) is 0 Å². The van der Waals surface area contributed by atoms with E-state index in [9.17, 15) is 9.50 Å². The summed E-state index contributed by atoms with van der Waals surface area (Å²) in [5, 5.41) is 9.67. The molecule has 5 heteroatoms. The highest BCUT2D eigenvalue weighted by Gasteiger charge is 2.10. The molecule has 19 heavy (non-hydrogen) atoms. The number of nitrogens with zero attached hydrogens (tertiary/aromatic N) is 1. The predicted molar refractivity (Wildman–Crippen MR) is 73.3 cm³/mol.